The molecule has 3 aliphatic rings. The van der Waals surface area contributed by atoms with Crippen LogP contribution in [-0.4, -0.2) is 109 Å². The van der Waals surface area contributed by atoms with E-state index in [4.69, 9.17) is 47.0 Å². The molecule has 0 N–H and O–H groups in total. The Morgan fingerprint density at radius 1 is 0.579 bits per heavy atom. The van der Waals surface area contributed by atoms with Crippen LogP contribution in [-0.2, 0) is 47.7 Å². The highest BCUT2D eigenvalue weighted by Gasteiger charge is 2.54. The number of rotatable bonds is 18. The highest BCUT2D eigenvalue weighted by Crippen LogP contribution is 2.53. The molecule has 2 aliphatic heterocycles. The van der Waals surface area contributed by atoms with Gasteiger partial charge in [-0.25, -0.2) is 4.79 Å². The summed E-state index contributed by atoms with van der Waals surface area (Å²) in [6, 6.07) is 18.7. The van der Waals surface area contributed by atoms with E-state index in [0.29, 0.717) is 57.6 Å². The van der Waals surface area contributed by atoms with Gasteiger partial charge >= 0.3 is 20.2 Å². The summed E-state index contributed by atoms with van der Waals surface area (Å²) in [5.41, 5.74) is 4.68. The molecule has 0 atom stereocenters. The van der Waals surface area contributed by atoms with Crippen molar-refractivity contribution in [2.45, 2.75) is 97.1 Å². The maximum absolute atomic E-state index is 13.6. The minimum Gasteiger partial charge on any atom is -0.490 e. The lowest BCUT2D eigenvalue weighted by atomic mass is 9.69. The lowest BCUT2D eigenvalue weighted by Crippen LogP contribution is -2.41. The van der Waals surface area contributed by atoms with Gasteiger partial charge in [0.15, 0.2) is 0 Å². The second kappa shape index (κ2) is 17.1. The molecule has 3 aromatic carbocycles. The number of ether oxygens (including phenoxy) is 6. The van der Waals surface area contributed by atoms with Crippen LogP contribution in [0, 0.1) is 0 Å². The topological polar surface area (TPSA) is 109 Å². The fraction of sp³-hybridized carbons (Fsp3) is 0.568. The van der Waals surface area contributed by atoms with Gasteiger partial charge in [0.25, 0.3) is 0 Å². The zero-order valence-corrected chi connectivity index (χ0v) is 35.7. The van der Waals surface area contributed by atoms with Crippen LogP contribution in [0.4, 0.5) is 0 Å². The maximum atomic E-state index is 13.6. The van der Waals surface area contributed by atoms with Gasteiger partial charge in [-0.3, -0.25) is 0 Å². The molecule has 13 heteroatoms. The smallest absolute Gasteiger partial charge is 0.490 e. The van der Waals surface area contributed by atoms with Crippen LogP contribution in [0.25, 0.3) is 11.1 Å². The fourth-order valence-electron chi connectivity index (χ4n) is 7.36. The zero-order chi connectivity index (χ0) is 41.2. The number of hydrogen-bond acceptors (Lipinski definition) is 11. The lowest BCUT2D eigenvalue weighted by molar-refractivity contribution is 0.0000939. The second-order valence-electron chi connectivity index (χ2n) is 17.0. The summed E-state index contributed by atoms with van der Waals surface area (Å²) < 4.78 is 59.5. The predicted molar refractivity (Wildman–Crippen MR) is 221 cm³/mol. The van der Waals surface area contributed by atoms with Crippen LogP contribution in [0.15, 0.2) is 54.6 Å². The molecule has 0 spiro atoms. The van der Waals surface area contributed by atoms with E-state index in [-0.39, 0.29) is 13.2 Å². The summed E-state index contributed by atoms with van der Waals surface area (Å²) in [7, 11) is 0.544. The third kappa shape index (κ3) is 8.73. The molecule has 11 nitrogen and oxygen atoms in total. The Bertz CT molecular complexity index is 1770. The molecular formula is C44H60B2O11. The third-order valence-corrected chi connectivity index (χ3v) is 12.2. The first-order valence-corrected chi connectivity index (χ1v) is 20.1. The summed E-state index contributed by atoms with van der Waals surface area (Å²) in [5.74, 6) is -0.0420. The number of hydrogen-bond donors (Lipinski definition) is 0. The van der Waals surface area contributed by atoms with Crippen LogP contribution in [0.5, 0.6) is 5.75 Å². The van der Waals surface area contributed by atoms with Crippen molar-refractivity contribution in [1.82, 2.24) is 0 Å². The average molecular weight is 787 g/mol. The summed E-state index contributed by atoms with van der Waals surface area (Å²) in [6.45, 7) is 24.2. The SMILES string of the molecule is CCOC(=O)c1cc(C2(C)c3cc(B4OC(C)(C)C(C)(C)O4)ccc3-c3ccc(B4OC(C)(C)C(C)(C)O4)cc32)ccc1OCCOCCOCCOCCOC. The fourth-order valence-corrected chi connectivity index (χ4v) is 7.36. The minimum absolute atomic E-state index is 0.223. The first kappa shape index (κ1) is 43.3. The van der Waals surface area contributed by atoms with Crippen molar-refractivity contribution in [1.29, 1.82) is 0 Å². The number of fused-ring (bicyclic) bond motifs is 3. The molecule has 0 aromatic heterocycles. The van der Waals surface area contributed by atoms with Gasteiger partial charge in [0.1, 0.15) is 17.9 Å². The zero-order valence-electron chi connectivity index (χ0n) is 35.7. The van der Waals surface area contributed by atoms with Crippen molar-refractivity contribution in [3.63, 3.8) is 0 Å². The number of benzene rings is 3. The van der Waals surface area contributed by atoms with Crippen LogP contribution < -0.4 is 15.7 Å². The van der Waals surface area contributed by atoms with Crippen molar-refractivity contribution in [2.24, 2.45) is 0 Å². The largest absolute Gasteiger partial charge is 0.494 e. The van der Waals surface area contributed by atoms with Gasteiger partial charge < -0.3 is 47.0 Å². The number of methoxy groups -OCH3 is 1. The quantitative estimate of drug-likeness (QED) is 0.0878. The Morgan fingerprint density at radius 2 is 1.02 bits per heavy atom. The first-order valence-electron chi connectivity index (χ1n) is 20.1. The molecule has 2 fully saturated rings. The number of esters is 1. The monoisotopic (exact) mass is 786 g/mol. The lowest BCUT2D eigenvalue weighted by Gasteiger charge is -2.32. The summed E-state index contributed by atoms with van der Waals surface area (Å²) in [4.78, 5) is 13.6. The maximum Gasteiger partial charge on any atom is 0.494 e. The van der Waals surface area contributed by atoms with E-state index in [1.54, 1.807) is 14.0 Å². The van der Waals surface area contributed by atoms with Crippen molar-refractivity contribution in [3.8, 4) is 16.9 Å². The average Bonchev–Trinajstić information content (AvgIpc) is 3.65. The van der Waals surface area contributed by atoms with Crippen LogP contribution in [0.1, 0.15) is 96.3 Å². The summed E-state index contributed by atoms with van der Waals surface area (Å²) >= 11 is 0. The Morgan fingerprint density at radius 3 is 1.46 bits per heavy atom. The molecule has 3 aromatic rings. The molecule has 0 bridgehead atoms. The van der Waals surface area contributed by atoms with Crippen molar-refractivity contribution < 1.29 is 51.8 Å². The van der Waals surface area contributed by atoms with Crippen LogP contribution in [0.3, 0.4) is 0 Å². The van der Waals surface area contributed by atoms with Crippen molar-refractivity contribution >= 4 is 31.1 Å². The highest BCUT2D eigenvalue weighted by molar-refractivity contribution is 6.62. The third-order valence-electron chi connectivity index (χ3n) is 12.2. The van der Waals surface area contributed by atoms with E-state index in [2.05, 4.69) is 98.7 Å². The number of carbonyl (C=O) groups excluding carboxylic acids is 1. The summed E-state index contributed by atoms with van der Waals surface area (Å²) in [6.07, 6.45) is 0. The molecule has 0 saturated carbocycles. The van der Waals surface area contributed by atoms with Gasteiger partial charge in [-0.15, -0.1) is 0 Å². The van der Waals surface area contributed by atoms with E-state index < -0.39 is 48.0 Å². The molecule has 57 heavy (non-hydrogen) atoms. The van der Waals surface area contributed by atoms with Crippen molar-refractivity contribution in [3.05, 3.63) is 76.9 Å². The van der Waals surface area contributed by atoms with Crippen molar-refractivity contribution in [2.75, 3.05) is 66.6 Å². The molecule has 1 aliphatic carbocycles. The number of carbonyl (C=O) groups is 1. The van der Waals surface area contributed by atoms with Gasteiger partial charge in [-0.2, -0.15) is 0 Å². The Balaban J connectivity index is 1.30. The molecule has 6 rings (SSSR count). The van der Waals surface area contributed by atoms with Crippen LogP contribution >= 0.6 is 0 Å². The Kier molecular flexibility index (Phi) is 13.0. The summed E-state index contributed by atoms with van der Waals surface area (Å²) in [5, 5.41) is 0. The standard InChI is InChI=1S/C44H60B2O11/c1-12-52-39(47)35-27-30(13-18-38(35)53-26-25-51-24-23-50-22-21-49-20-19-48-11)44(10)36-28-31(45-54-40(2,3)41(4,5)55-45)14-16-33(36)34-17-15-32(29-37(34)44)46-56-42(6,7)43(8,9)57-46/h13-18,27-29H,12,19-26H2,1-11H3. The molecule has 0 radical (unpaired) electrons. The van der Waals surface area contributed by atoms with Gasteiger partial charge in [0.2, 0.25) is 0 Å². The van der Waals surface area contributed by atoms with E-state index in [1.807, 2.05) is 18.2 Å². The Hall–Kier alpha value is -3.26. The van der Waals surface area contributed by atoms with Gasteiger partial charge in [0.05, 0.1) is 75.3 Å². The molecular weight excluding hydrogens is 726 g/mol. The predicted octanol–water partition coefficient (Wildman–Crippen LogP) is 5.87. The van der Waals surface area contributed by atoms with E-state index in [1.165, 1.54) is 0 Å². The highest BCUT2D eigenvalue weighted by atomic mass is 16.7. The molecule has 308 valence electrons. The van der Waals surface area contributed by atoms with Gasteiger partial charge in [-0.05, 0) is 120 Å². The van der Waals surface area contributed by atoms with E-state index in [9.17, 15) is 4.79 Å². The van der Waals surface area contributed by atoms with Crippen LogP contribution in [0.2, 0.25) is 0 Å². The molecule has 0 amide bonds. The molecule has 0 unspecified atom stereocenters. The minimum atomic E-state index is -0.721. The normalized spacial score (nSPS) is 19.4. The van der Waals surface area contributed by atoms with Gasteiger partial charge in [-0.1, -0.05) is 42.5 Å². The first-order chi connectivity index (χ1) is 27.0. The van der Waals surface area contributed by atoms with E-state index in [0.717, 1.165) is 38.7 Å². The van der Waals surface area contributed by atoms with Gasteiger partial charge in [0, 0.05) is 12.5 Å². The molecule has 2 saturated heterocycles. The Labute approximate surface area is 339 Å². The second-order valence-corrected chi connectivity index (χ2v) is 17.0. The van der Waals surface area contributed by atoms with E-state index >= 15 is 0 Å². The molecule has 2 heterocycles.